The Morgan fingerprint density at radius 2 is 2.08 bits per heavy atom. The van der Waals surface area contributed by atoms with Crippen LogP contribution in [0.5, 0.6) is 0 Å². The predicted molar refractivity (Wildman–Crippen MR) is 98.3 cm³/mol. The molecular formula is C16H19F2N3O2S2. The molecule has 1 aliphatic rings. The Labute approximate surface area is 153 Å². The smallest absolute Gasteiger partial charge is 0.288 e. The van der Waals surface area contributed by atoms with Crippen LogP contribution in [0.15, 0.2) is 34.2 Å². The van der Waals surface area contributed by atoms with Crippen LogP contribution in [0, 0.1) is 0 Å². The van der Waals surface area contributed by atoms with Crippen LogP contribution >= 0.6 is 23.5 Å². The Hall–Kier alpha value is -1.61. The maximum atomic E-state index is 12.3. The molecule has 9 heteroatoms. The van der Waals surface area contributed by atoms with Gasteiger partial charge >= 0.3 is 0 Å². The number of carbonyl (C=O) groups is 2. The van der Waals surface area contributed by atoms with E-state index in [2.05, 4.69) is 15.6 Å². The third kappa shape index (κ3) is 6.32. The number of benzene rings is 1. The number of nitrogens with one attached hydrogen (secondary N) is 2. The van der Waals surface area contributed by atoms with Crippen molar-refractivity contribution in [3.05, 3.63) is 24.3 Å². The van der Waals surface area contributed by atoms with E-state index in [-0.39, 0.29) is 24.3 Å². The topological polar surface area (TPSA) is 70.6 Å². The molecule has 1 heterocycles. The average molecular weight is 387 g/mol. The van der Waals surface area contributed by atoms with Gasteiger partial charge < -0.3 is 10.6 Å². The first-order valence-corrected chi connectivity index (χ1v) is 9.53. The molecule has 1 aliphatic heterocycles. The summed E-state index contributed by atoms with van der Waals surface area (Å²) in [5, 5.41) is 5.38. The first-order chi connectivity index (χ1) is 11.9. The third-order valence-electron chi connectivity index (χ3n) is 3.44. The number of carbonyl (C=O) groups excluding carboxylic acids is 2. The van der Waals surface area contributed by atoms with Crippen molar-refractivity contribution in [1.82, 2.24) is 5.32 Å². The number of nitrogens with zero attached hydrogens (tertiary/aromatic N) is 1. The van der Waals surface area contributed by atoms with Crippen molar-refractivity contribution in [3.63, 3.8) is 0 Å². The van der Waals surface area contributed by atoms with Crippen LogP contribution in [-0.4, -0.2) is 34.0 Å². The van der Waals surface area contributed by atoms with Crippen LogP contribution in [0.2, 0.25) is 0 Å². The second-order valence-electron chi connectivity index (χ2n) is 5.44. The van der Waals surface area contributed by atoms with Crippen LogP contribution in [0.4, 0.5) is 14.5 Å². The van der Waals surface area contributed by atoms with Crippen molar-refractivity contribution in [3.8, 4) is 0 Å². The van der Waals surface area contributed by atoms with E-state index in [9.17, 15) is 18.4 Å². The maximum absolute atomic E-state index is 12.3. The van der Waals surface area contributed by atoms with Gasteiger partial charge in [-0.3, -0.25) is 14.6 Å². The van der Waals surface area contributed by atoms with Crippen molar-refractivity contribution < 1.29 is 18.4 Å². The second kappa shape index (κ2) is 9.19. The molecular weight excluding hydrogens is 368 g/mol. The number of alkyl halides is 2. The second-order valence-corrected chi connectivity index (χ2v) is 7.70. The molecule has 1 aromatic rings. The number of amides is 2. The van der Waals surface area contributed by atoms with Crippen LogP contribution in [0.3, 0.4) is 0 Å². The van der Waals surface area contributed by atoms with Gasteiger partial charge in [-0.05, 0) is 37.6 Å². The van der Waals surface area contributed by atoms with Gasteiger partial charge in [0, 0.05) is 23.0 Å². The van der Waals surface area contributed by atoms with Gasteiger partial charge in [0.1, 0.15) is 5.25 Å². The number of aliphatic imine (C=N–C) groups is 1. The molecule has 2 N–H and O–H groups in total. The minimum absolute atomic E-state index is 0.0174. The fourth-order valence-electron chi connectivity index (χ4n) is 1.99. The summed E-state index contributed by atoms with van der Waals surface area (Å²) in [4.78, 5) is 28.8. The zero-order valence-corrected chi connectivity index (χ0v) is 15.4. The summed E-state index contributed by atoms with van der Waals surface area (Å²) >= 11 is 1.70. The monoisotopic (exact) mass is 387 g/mol. The van der Waals surface area contributed by atoms with E-state index in [0.29, 0.717) is 27.5 Å². The first kappa shape index (κ1) is 19.7. The summed E-state index contributed by atoms with van der Waals surface area (Å²) in [6.45, 7) is 3.96. The Bertz CT molecular complexity index is 653. The van der Waals surface area contributed by atoms with Crippen LogP contribution < -0.4 is 10.6 Å². The molecule has 136 valence electrons. The van der Waals surface area contributed by atoms with Gasteiger partial charge in [-0.2, -0.15) is 8.78 Å². The first-order valence-electron chi connectivity index (χ1n) is 7.77. The molecule has 5 nitrogen and oxygen atoms in total. The number of hydrogen-bond acceptors (Lipinski definition) is 5. The number of thioether (sulfide) groups is 2. The van der Waals surface area contributed by atoms with Gasteiger partial charge in [0.15, 0.2) is 5.17 Å². The lowest BCUT2D eigenvalue weighted by atomic mass is 10.2. The van der Waals surface area contributed by atoms with E-state index in [1.54, 1.807) is 12.1 Å². The summed E-state index contributed by atoms with van der Waals surface area (Å²) in [5.41, 5.74) is 0.500. The normalized spacial score (nSPS) is 20.0. The molecule has 0 aromatic heterocycles. The molecule has 0 unspecified atom stereocenters. The van der Waals surface area contributed by atoms with E-state index in [1.165, 1.54) is 23.9 Å². The highest BCUT2D eigenvalue weighted by atomic mass is 32.2. The minimum atomic E-state index is -2.48. The Morgan fingerprint density at radius 1 is 1.40 bits per heavy atom. The minimum Gasteiger partial charge on any atom is -0.326 e. The summed E-state index contributed by atoms with van der Waals surface area (Å²) in [6.07, 6.45) is 0.883. The highest BCUT2D eigenvalue weighted by Gasteiger charge is 2.32. The molecule has 25 heavy (non-hydrogen) atoms. The molecule has 0 bridgehead atoms. The number of hydrogen-bond donors (Lipinski definition) is 2. The van der Waals surface area contributed by atoms with Gasteiger partial charge in [0.05, 0.1) is 0 Å². The van der Waals surface area contributed by atoms with Gasteiger partial charge in [-0.15, -0.1) is 0 Å². The predicted octanol–water partition coefficient (Wildman–Crippen LogP) is 3.72. The van der Waals surface area contributed by atoms with Crippen molar-refractivity contribution in [1.29, 1.82) is 0 Å². The van der Waals surface area contributed by atoms with E-state index in [0.717, 1.165) is 6.42 Å². The number of anilines is 1. The van der Waals surface area contributed by atoms with Crippen molar-refractivity contribution in [2.75, 3.05) is 5.32 Å². The van der Waals surface area contributed by atoms with Crippen LogP contribution in [0.25, 0.3) is 0 Å². The standard InChI is InChI=1S/C16H19F2N3O2S2/c1-3-9(2)19-16-21-14(23)12(25-16)8-13(22)20-10-4-6-11(7-5-10)24-15(17)18/h4-7,9,12,15H,3,8H2,1-2H3,(H,20,22)(H,19,21,23)/t9-,12+/m0/s1. The number of rotatable bonds is 7. The van der Waals surface area contributed by atoms with Gasteiger partial charge in [0.2, 0.25) is 11.8 Å². The molecule has 1 saturated heterocycles. The van der Waals surface area contributed by atoms with Gasteiger partial charge in [-0.1, -0.05) is 30.4 Å². The summed E-state index contributed by atoms with van der Waals surface area (Å²) in [6, 6.07) is 6.25. The molecule has 0 aliphatic carbocycles. The quantitative estimate of drug-likeness (QED) is 0.700. The van der Waals surface area contributed by atoms with E-state index in [1.807, 2.05) is 13.8 Å². The molecule has 1 fully saturated rings. The zero-order chi connectivity index (χ0) is 18.4. The molecule has 1 aromatic carbocycles. The number of halogens is 2. The molecule has 2 atom stereocenters. The average Bonchev–Trinajstić information content (AvgIpc) is 2.87. The fraction of sp³-hybridized carbons (Fsp3) is 0.438. The van der Waals surface area contributed by atoms with Crippen LogP contribution in [-0.2, 0) is 9.59 Å². The van der Waals surface area contributed by atoms with Crippen molar-refractivity contribution >= 4 is 46.2 Å². The van der Waals surface area contributed by atoms with Crippen molar-refractivity contribution in [2.24, 2.45) is 4.99 Å². The molecule has 2 rings (SSSR count). The third-order valence-corrected chi connectivity index (χ3v) is 5.26. The van der Waals surface area contributed by atoms with E-state index >= 15 is 0 Å². The Kier molecular flexibility index (Phi) is 7.24. The van der Waals surface area contributed by atoms with E-state index < -0.39 is 11.0 Å². The lowest BCUT2D eigenvalue weighted by Gasteiger charge is -2.08. The Morgan fingerprint density at radius 3 is 2.68 bits per heavy atom. The molecule has 2 amide bonds. The highest BCUT2D eigenvalue weighted by molar-refractivity contribution is 8.15. The molecule has 0 spiro atoms. The van der Waals surface area contributed by atoms with Crippen LogP contribution in [0.1, 0.15) is 26.7 Å². The number of amidine groups is 1. The summed E-state index contributed by atoms with van der Waals surface area (Å²) < 4.78 is 24.5. The summed E-state index contributed by atoms with van der Waals surface area (Å²) in [7, 11) is 0. The molecule has 0 saturated carbocycles. The van der Waals surface area contributed by atoms with Gasteiger partial charge in [-0.25, -0.2) is 0 Å². The largest absolute Gasteiger partial charge is 0.326 e. The summed E-state index contributed by atoms with van der Waals surface area (Å²) in [5.74, 6) is -3.03. The molecule has 0 radical (unpaired) electrons. The zero-order valence-electron chi connectivity index (χ0n) is 13.8. The van der Waals surface area contributed by atoms with Crippen molar-refractivity contribution in [2.45, 2.75) is 48.6 Å². The highest BCUT2D eigenvalue weighted by Crippen LogP contribution is 2.27. The lowest BCUT2D eigenvalue weighted by Crippen LogP contribution is -2.28. The fourth-order valence-corrected chi connectivity index (χ4v) is 3.56. The maximum Gasteiger partial charge on any atom is 0.288 e. The lowest BCUT2D eigenvalue weighted by molar-refractivity contribution is -0.122. The SMILES string of the molecule is CC[C@H](C)N=C1NC(=O)[C@@H](CC(=O)Nc2ccc(SC(F)F)cc2)S1. The Balaban J connectivity index is 1.88. The van der Waals surface area contributed by atoms with Gasteiger partial charge in [0.25, 0.3) is 5.76 Å². The van der Waals surface area contributed by atoms with E-state index in [4.69, 9.17) is 0 Å².